The molecule has 5 aromatic rings. The zero-order chi connectivity index (χ0) is 20.2. The van der Waals surface area contributed by atoms with Gasteiger partial charge in [0.05, 0.1) is 5.69 Å². The lowest BCUT2D eigenvalue weighted by Crippen LogP contribution is -1.87. The van der Waals surface area contributed by atoms with E-state index in [0.717, 1.165) is 11.3 Å². The Morgan fingerprint density at radius 1 is 0.333 bits per heavy atom. The van der Waals surface area contributed by atoms with Crippen molar-refractivity contribution >= 4 is 0 Å². The van der Waals surface area contributed by atoms with Crippen molar-refractivity contribution in [3.8, 4) is 44.6 Å². The van der Waals surface area contributed by atoms with Crippen LogP contribution >= 0.6 is 0 Å². The molecule has 142 valence electrons. The third-order valence-corrected chi connectivity index (χ3v) is 5.33. The Morgan fingerprint density at radius 3 is 1.37 bits per heavy atom. The van der Waals surface area contributed by atoms with Crippen molar-refractivity contribution in [3.05, 3.63) is 128 Å². The summed E-state index contributed by atoms with van der Waals surface area (Å²) in [5.41, 5.74) is 9.33. The molecule has 5 rings (SSSR count). The molecule has 4 aromatic carbocycles. The summed E-state index contributed by atoms with van der Waals surface area (Å²) in [6, 6.07) is 42.5. The van der Waals surface area contributed by atoms with Crippen LogP contribution in [-0.4, -0.2) is 4.98 Å². The molecule has 0 spiro atoms. The normalized spacial score (nSPS) is 10.7. The fraction of sp³-hybridized carbons (Fsp3) is 0. The van der Waals surface area contributed by atoms with E-state index in [0.29, 0.717) is 0 Å². The number of nitrogens with zero attached hydrogens (tertiary/aromatic N) is 1. The number of aromatic nitrogens is 1. The summed E-state index contributed by atoms with van der Waals surface area (Å²) >= 11 is 0. The minimum Gasteiger partial charge on any atom is -0.256 e. The Balaban J connectivity index is 1.52. The molecule has 0 aliphatic carbocycles. The van der Waals surface area contributed by atoms with Gasteiger partial charge < -0.3 is 0 Å². The molecule has 0 unspecified atom stereocenters. The Hall–Kier alpha value is -3.97. The molecular weight excluding hydrogens is 362 g/mol. The quantitative estimate of drug-likeness (QED) is 0.309. The molecule has 0 fully saturated rings. The van der Waals surface area contributed by atoms with Gasteiger partial charge in [0.1, 0.15) is 0 Å². The smallest absolute Gasteiger partial charge is 0.0708 e. The second-order valence-electron chi connectivity index (χ2n) is 7.32. The minimum atomic E-state index is 0.982. The highest BCUT2D eigenvalue weighted by molar-refractivity contribution is 5.77. The third kappa shape index (κ3) is 3.78. The number of hydrogen-bond donors (Lipinski definition) is 0. The average molecular weight is 383 g/mol. The maximum atomic E-state index is 4.65. The maximum absolute atomic E-state index is 4.65. The Labute approximate surface area is 177 Å². The SMILES string of the molecule is c1ccc(-c2cccc(-c3ccnc(-c4cccc(-c5ccccc5)c4)c3)c2)cc1. The number of hydrogen-bond acceptors (Lipinski definition) is 1. The second kappa shape index (κ2) is 8.18. The molecule has 1 nitrogen and oxygen atoms in total. The van der Waals surface area contributed by atoms with Crippen LogP contribution in [0.3, 0.4) is 0 Å². The first-order chi connectivity index (χ1) is 14.9. The van der Waals surface area contributed by atoms with E-state index in [1.54, 1.807) is 0 Å². The molecule has 0 atom stereocenters. The first kappa shape index (κ1) is 18.1. The summed E-state index contributed by atoms with van der Waals surface area (Å²) in [6.45, 7) is 0. The fourth-order valence-electron chi connectivity index (χ4n) is 3.77. The van der Waals surface area contributed by atoms with Crippen molar-refractivity contribution < 1.29 is 0 Å². The van der Waals surface area contributed by atoms with Crippen molar-refractivity contribution in [1.82, 2.24) is 4.98 Å². The van der Waals surface area contributed by atoms with Crippen LogP contribution in [0.2, 0.25) is 0 Å². The Morgan fingerprint density at radius 2 is 0.767 bits per heavy atom. The topological polar surface area (TPSA) is 12.9 Å². The molecule has 0 amide bonds. The first-order valence-corrected chi connectivity index (χ1v) is 10.1. The second-order valence-corrected chi connectivity index (χ2v) is 7.32. The average Bonchev–Trinajstić information content (AvgIpc) is 2.85. The molecule has 0 saturated heterocycles. The summed E-state index contributed by atoms with van der Waals surface area (Å²) < 4.78 is 0. The molecule has 0 N–H and O–H groups in total. The lowest BCUT2D eigenvalue weighted by atomic mass is 9.97. The van der Waals surface area contributed by atoms with Crippen molar-refractivity contribution in [2.24, 2.45) is 0 Å². The summed E-state index contributed by atoms with van der Waals surface area (Å²) in [7, 11) is 0. The monoisotopic (exact) mass is 383 g/mol. The highest BCUT2D eigenvalue weighted by Crippen LogP contribution is 2.30. The number of pyridine rings is 1. The zero-order valence-corrected chi connectivity index (χ0v) is 16.6. The molecule has 1 aromatic heterocycles. The van der Waals surface area contributed by atoms with E-state index in [1.807, 2.05) is 18.3 Å². The van der Waals surface area contributed by atoms with Crippen LogP contribution < -0.4 is 0 Å². The summed E-state index contributed by atoms with van der Waals surface area (Å²) in [4.78, 5) is 4.65. The molecule has 1 heterocycles. The molecule has 0 bridgehead atoms. The van der Waals surface area contributed by atoms with E-state index in [4.69, 9.17) is 0 Å². The molecule has 0 aliphatic heterocycles. The minimum absolute atomic E-state index is 0.982. The fourth-order valence-corrected chi connectivity index (χ4v) is 3.77. The summed E-state index contributed by atoms with van der Waals surface area (Å²) in [5, 5.41) is 0. The van der Waals surface area contributed by atoms with Crippen LogP contribution in [0.4, 0.5) is 0 Å². The molecule has 1 heteroatoms. The molecule has 0 radical (unpaired) electrons. The first-order valence-electron chi connectivity index (χ1n) is 10.1. The largest absolute Gasteiger partial charge is 0.256 e. The van der Waals surface area contributed by atoms with Gasteiger partial charge in [-0.15, -0.1) is 0 Å². The van der Waals surface area contributed by atoms with Gasteiger partial charge in [-0.2, -0.15) is 0 Å². The molecular formula is C29H21N. The van der Waals surface area contributed by atoms with Crippen LogP contribution in [0.15, 0.2) is 128 Å². The van der Waals surface area contributed by atoms with Crippen LogP contribution in [0.25, 0.3) is 44.6 Å². The van der Waals surface area contributed by atoms with Crippen molar-refractivity contribution in [2.75, 3.05) is 0 Å². The Bertz CT molecular complexity index is 1180. The van der Waals surface area contributed by atoms with Gasteiger partial charge in [-0.05, 0) is 57.6 Å². The standard InChI is InChI=1S/C29H21N/c1-3-9-22(10-4-1)24-13-7-15-26(19-24)27-17-18-30-29(21-27)28-16-8-14-25(20-28)23-11-5-2-6-12-23/h1-21H. The lowest BCUT2D eigenvalue weighted by molar-refractivity contribution is 1.33. The van der Waals surface area contributed by atoms with Crippen molar-refractivity contribution in [3.63, 3.8) is 0 Å². The van der Waals surface area contributed by atoms with Gasteiger partial charge in [0.25, 0.3) is 0 Å². The van der Waals surface area contributed by atoms with E-state index < -0.39 is 0 Å². The van der Waals surface area contributed by atoms with Crippen LogP contribution in [0.5, 0.6) is 0 Å². The predicted octanol–water partition coefficient (Wildman–Crippen LogP) is 7.75. The Kier molecular flexibility index (Phi) is 4.93. The maximum Gasteiger partial charge on any atom is 0.0708 e. The molecule has 0 aliphatic rings. The van der Waals surface area contributed by atoms with E-state index in [2.05, 4.69) is 114 Å². The van der Waals surface area contributed by atoms with E-state index in [-0.39, 0.29) is 0 Å². The molecule has 30 heavy (non-hydrogen) atoms. The van der Waals surface area contributed by atoms with Gasteiger partial charge in [-0.25, -0.2) is 0 Å². The van der Waals surface area contributed by atoms with Gasteiger partial charge >= 0.3 is 0 Å². The van der Waals surface area contributed by atoms with Crippen LogP contribution in [0, 0.1) is 0 Å². The van der Waals surface area contributed by atoms with E-state index in [9.17, 15) is 0 Å². The van der Waals surface area contributed by atoms with E-state index in [1.165, 1.54) is 33.4 Å². The van der Waals surface area contributed by atoms with Crippen LogP contribution in [0.1, 0.15) is 0 Å². The zero-order valence-electron chi connectivity index (χ0n) is 16.6. The predicted molar refractivity (Wildman–Crippen MR) is 126 cm³/mol. The summed E-state index contributed by atoms with van der Waals surface area (Å²) in [6.07, 6.45) is 1.90. The highest BCUT2D eigenvalue weighted by atomic mass is 14.7. The number of benzene rings is 4. The van der Waals surface area contributed by atoms with E-state index >= 15 is 0 Å². The lowest BCUT2D eigenvalue weighted by Gasteiger charge is -2.09. The van der Waals surface area contributed by atoms with Gasteiger partial charge in [0, 0.05) is 11.8 Å². The van der Waals surface area contributed by atoms with Gasteiger partial charge in [-0.1, -0.05) is 97.1 Å². The molecule has 0 saturated carbocycles. The number of rotatable bonds is 4. The highest BCUT2D eigenvalue weighted by Gasteiger charge is 2.06. The van der Waals surface area contributed by atoms with Gasteiger partial charge in [0.2, 0.25) is 0 Å². The third-order valence-electron chi connectivity index (χ3n) is 5.33. The van der Waals surface area contributed by atoms with Gasteiger partial charge in [0.15, 0.2) is 0 Å². The van der Waals surface area contributed by atoms with Crippen molar-refractivity contribution in [2.45, 2.75) is 0 Å². The van der Waals surface area contributed by atoms with Crippen LogP contribution in [-0.2, 0) is 0 Å². The van der Waals surface area contributed by atoms with Gasteiger partial charge in [-0.3, -0.25) is 4.98 Å². The summed E-state index contributed by atoms with van der Waals surface area (Å²) in [5.74, 6) is 0. The van der Waals surface area contributed by atoms with Crippen molar-refractivity contribution in [1.29, 1.82) is 0 Å².